The number of nitrogens with zero attached hydrogens (tertiary/aromatic N) is 1. The molecule has 0 N–H and O–H groups in total. The van der Waals surface area contributed by atoms with Crippen LogP contribution in [0.4, 0.5) is 17.6 Å². The highest BCUT2D eigenvalue weighted by Gasteiger charge is 2.32. The fourth-order valence-electron chi connectivity index (χ4n) is 0.569. The number of rotatable bonds is 0. The normalized spacial score (nSPS) is 11.8. The standard InChI is InChI=1S/C6H2F4IN/c7-3-1-5(6(8,9)10)12-2-4(3)11/h1-2H. The molecule has 0 aliphatic heterocycles. The van der Waals surface area contributed by atoms with Gasteiger partial charge in [0.1, 0.15) is 11.5 Å². The molecule has 0 unspecified atom stereocenters. The first-order chi connectivity index (χ1) is 5.41. The molecule has 0 bridgehead atoms. The number of alkyl halides is 3. The molecule has 0 amide bonds. The molecule has 0 aromatic carbocycles. The molecular formula is C6H2F4IN. The van der Waals surface area contributed by atoms with Gasteiger partial charge in [-0.25, -0.2) is 4.39 Å². The molecule has 1 heterocycles. The molecule has 6 heteroatoms. The van der Waals surface area contributed by atoms with Gasteiger partial charge in [-0.2, -0.15) is 13.2 Å². The van der Waals surface area contributed by atoms with Gasteiger partial charge in [0.2, 0.25) is 0 Å². The maximum atomic E-state index is 12.6. The molecule has 1 rings (SSSR count). The molecule has 0 atom stereocenters. The summed E-state index contributed by atoms with van der Waals surface area (Å²) in [7, 11) is 0. The molecule has 1 nitrogen and oxygen atoms in total. The maximum Gasteiger partial charge on any atom is 0.433 e. The summed E-state index contributed by atoms with van der Waals surface area (Å²) in [5.41, 5.74) is -1.21. The third-order valence-electron chi connectivity index (χ3n) is 1.10. The highest BCUT2D eigenvalue weighted by molar-refractivity contribution is 14.1. The Kier molecular flexibility index (Phi) is 2.55. The van der Waals surface area contributed by atoms with Crippen LogP contribution in [0.5, 0.6) is 0 Å². The lowest BCUT2D eigenvalue weighted by molar-refractivity contribution is -0.141. The SMILES string of the molecule is Fc1cc(C(F)(F)F)ncc1I. The van der Waals surface area contributed by atoms with Crippen molar-refractivity contribution in [2.75, 3.05) is 0 Å². The first-order valence-corrected chi connectivity index (χ1v) is 3.87. The van der Waals surface area contributed by atoms with E-state index in [4.69, 9.17) is 0 Å². The molecule has 66 valence electrons. The van der Waals surface area contributed by atoms with Crippen molar-refractivity contribution in [3.8, 4) is 0 Å². The van der Waals surface area contributed by atoms with Gasteiger partial charge in [0.15, 0.2) is 0 Å². The van der Waals surface area contributed by atoms with Crippen LogP contribution in [0.25, 0.3) is 0 Å². The van der Waals surface area contributed by atoms with Crippen molar-refractivity contribution >= 4 is 22.6 Å². The average Bonchev–Trinajstić information content (AvgIpc) is 1.92. The van der Waals surface area contributed by atoms with Gasteiger partial charge in [0, 0.05) is 12.3 Å². The highest BCUT2D eigenvalue weighted by atomic mass is 127. The smallest absolute Gasteiger partial charge is 0.250 e. The van der Waals surface area contributed by atoms with Gasteiger partial charge in [-0.1, -0.05) is 0 Å². The van der Waals surface area contributed by atoms with Crippen LogP contribution in [-0.4, -0.2) is 4.98 Å². The topological polar surface area (TPSA) is 12.9 Å². The van der Waals surface area contributed by atoms with Gasteiger partial charge >= 0.3 is 6.18 Å². The Bertz CT molecular complexity index is 296. The van der Waals surface area contributed by atoms with Crippen LogP contribution in [0.1, 0.15) is 5.69 Å². The summed E-state index contributed by atoms with van der Waals surface area (Å²) in [6, 6.07) is 0.377. The molecule has 0 aliphatic rings. The first kappa shape index (κ1) is 9.69. The van der Waals surface area contributed by atoms with Crippen molar-refractivity contribution in [3.05, 3.63) is 27.3 Å². The maximum absolute atomic E-state index is 12.6. The Labute approximate surface area is 78.9 Å². The van der Waals surface area contributed by atoms with Crippen molar-refractivity contribution < 1.29 is 17.6 Å². The van der Waals surface area contributed by atoms with Gasteiger partial charge in [0.25, 0.3) is 0 Å². The summed E-state index contributed by atoms with van der Waals surface area (Å²) in [6.07, 6.45) is -3.73. The van der Waals surface area contributed by atoms with Crippen molar-refractivity contribution in [1.82, 2.24) is 4.98 Å². The van der Waals surface area contributed by atoms with Crippen LogP contribution >= 0.6 is 22.6 Å². The quantitative estimate of drug-likeness (QED) is 0.529. The molecular weight excluding hydrogens is 289 g/mol. The molecule has 0 spiro atoms. The Hall–Kier alpha value is -0.400. The summed E-state index contributed by atoms with van der Waals surface area (Å²) in [6.45, 7) is 0. The minimum absolute atomic E-state index is 0.0700. The lowest BCUT2D eigenvalue weighted by Gasteiger charge is -2.04. The van der Waals surface area contributed by atoms with Crippen molar-refractivity contribution in [2.45, 2.75) is 6.18 Å². The van der Waals surface area contributed by atoms with E-state index in [-0.39, 0.29) is 3.57 Å². The lowest BCUT2D eigenvalue weighted by Crippen LogP contribution is -2.08. The molecule has 0 fully saturated rings. The zero-order valence-corrected chi connectivity index (χ0v) is 7.65. The number of hydrogen-bond donors (Lipinski definition) is 0. The van der Waals surface area contributed by atoms with Crippen molar-refractivity contribution in [3.63, 3.8) is 0 Å². The minimum atomic E-state index is -4.58. The molecule has 0 radical (unpaired) electrons. The summed E-state index contributed by atoms with van der Waals surface area (Å²) >= 11 is 1.56. The van der Waals surface area contributed by atoms with E-state index >= 15 is 0 Å². The van der Waals surface area contributed by atoms with E-state index in [0.717, 1.165) is 6.20 Å². The van der Waals surface area contributed by atoms with Crippen LogP contribution in [0.3, 0.4) is 0 Å². The average molecular weight is 291 g/mol. The van der Waals surface area contributed by atoms with E-state index in [1.54, 1.807) is 22.6 Å². The molecule has 0 saturated heterocycles. The van der Waals surface area contributed by atoms with E-state index in [0.29, 0.717) is 6.07 Å². The van der Waals surface area contributed by atoms with Gasteiger partial charge in [0.05, 0.1) is 3.57 Å². The highest BCUT2D eigenvalue weighted by Crippen LogP contribution is 2.28. The Balaban J connectivity index is 3.14. The molecule has 12 heavy (non-hydrogen) atoms. The molecule has 0 saturated carbocycles. The van der Waals surface area contributed by atoms with Crippen LogP contribution in [-0.2, 0) is 6.18 Å². The van der Waals surface area contributed by atoms with E-state index in [9.17, 15) is 17.6 Å². The van der Waals surface area contributed by atoms with Gasteiger partial charge in [-0.3, -0.25) is 4.98 Å². The van der Waals surface area contributed by atoms with Gasteiger partial charge in [-0.15, -0.1) is 0 Å². The Morgan fingerprint density at radius 2 is 1.92 bits per heavy atom. The third kappa shape index (κ3) is 2.05. The largest absolute Gasteiger partial charge is 0.433 e. The minimum Gasteiger partial charge on any atom is -0.250 e. The van der Waals surface area contributed by atoms with Crippen LogP contribution in [0.2, 0.25) is 0 Å². The number of halogens is 5. The van der Waals surface area contributed by atoms with Crippen LogP contribution < -0.4 is 0 Å². The van der Waals surface area contributed by atoms with E-state index in [1.807, 2.05) is 0 Å². The predicted molar refractivity (Wildman–Crippen MR) is 41.9 cm³/mol. The second-order valence-electron chi connectivity index (χ2n) is 1.98. The second-order valence-corrected chi connectivity index (χ2v) is 3.14. The predicted octanol–water partition coefficient (Wildman–Crippen LogP) is 2.84. The second kappa shape index (κ2) is 3.15. The zero-order chi connectivity index (χ0) is 9.35. The summed E-state index contributed by atoms with van der Waals surface area (Å²) < 4.78 is 48.2. The van der Waals surface area contributed by atoms with Crippen molar-refractivity contribution in [2.24, 2.45) is 0 Å². The number of pyridine rings is 1. The number of aromatic nitrogens is 1. The van der Waals surface area contributed by atoms with Gasteiger partial charge < -0.3 is 0 Å². The summed E-state index contributed by atoms with van der Waals surface area (Å²) in [5, 5.41) is 0. The Morgan fingerprint density at radius 1 is 1.33 bits per heavy atom. The molecule has 1 aromatic rings. The molecule has 0 aliphatic carbocycles. The van der Waals surface area contributed by atoms with Crippen LogP contribution in [0, 0.1) is 9.39 Å². The lowest BCUT2D eigenvalue weighted by atomic mass is 10.3. The molecule has 1 aromatic heterocycles. The van der Waals surface area contributed by atoms with Crippen LogP contribution in [0.15, 0.2) is 12.3 Å². The zero-order valence-electron chi connectivity index (χ0n) is 5.49. The summed E-state index contributed by atoms with van der Waals surface area (Å²) in [5.74, 6) is -0.905. The van der Waals surface area contributed by atoms with E-state index in [1.165, 1.54) is 0 Å². The fraction of sp³-hybridized carbons (Fsp3) is 0.167. The van der Waals surface area contributed by atoms with E-state index < -0.39 is 17.7 Å². The third-order valence-corrected chi connectivity index (χ3v) is 1.89. The fourth-order valence-corrected chi connectivity index (χ4v) is 0.864. The summed E-state index contributed by atoms with van der Waals surface area (Å²) in [4.78, 5) is 3.04. The van der Waals surface area contributed by atoms with E-state index in [2.05, 4.69) is 4.98 Å². The number of hydrogen-bond acceptors (Lipinski definition) is 1. The van der Waals surface area contributed by atoms with Crippen molar-refractivity contribution in [1.29, 1.82) is 0 Å². The van der Waals surface area contributed by atoms with Gasteiger partial charge in [-0.05, 0) is 22.6 Å². The first-order valence-electron chi connectivity index (χ1n) is 2.79. The Morgan fingerprint density at radius 3 is 2.33 bits per heavy atom. The monoisotopic (exact) mass is 291 g/mol.